The van der Waals surface area contributed by atoms with Gasteiger partial charge < -0.3 is 5.32 Å². The van der Waals surface area contributed by atoms with E-state index in [2.05, 4.69) is 5.32 Å². The smallest absolute Gasteiger partial charge is 0.326 e. The molecule has 2 amide bonds. The number of nitrogens with one attached hydrogen (secondary N) is 1. The Hall–Kier alpha value is -2.36. The zero-order chi connectivity index (χ0) is 24.9. The number of anilines is 1. The first-order valence-electron chi connectivity index (χ1n) is 10.5. The van der Waals surface area contributed by atoms with Crippen LogP contribution >= 0.6 is 35.6 Å². The summed E-state index contributed by atoms with van der Waals surface area (Å²) in [4.78, 5) is 26.9. The lowest BCUT2D eigenvalue weighted by Crippen LogP contribution is -2.29. The van der Waals surface area contributed by atoms with E-state index in [1.54, 1.807) is 4.90 Å². The van der Waals surface area contributed by atoms with Crippen molar-refractivity contribution in [1.29, 1.82) is 0 Å². The van der Waals surface area contributed by atoms with Gasteiger partial charge in [0, 0.05) is 18.7 Å². The second-order valence-electron chi connectivity index (χ2n) is 7.80. The highest BCUT2D eigenvalue weighted by atomic mass is 35.5. The molecule has 1 aliphatic rings. The maximum Gasteiger partial charge on any atom is 0.417 e. The van der Waals surface area contributed by atoms with E-state index in [-0.39, 0.29) is 23.9 Å². The lowest BCUT2D eigenvalue weighted by molar-refractivity contribution is -0.137. The second-order valence-corrected chi connectivity index (χ2v) is 9.88. The van der Waals surface area contributed by atoms with Gasteiger partial charge in [-0.05, 0) is 49.6 Å². The van der Waals surface area contributed by atoms with E-state index in [1.165, 1.54) is 17.8 Å². The lowest BCUT2D eigenvalue weighted by atomic mass is 10.1. The summed E-state index contributed by atoms with van der Waals surface area (Å²) in [6.45, 7) is 2.44. The van der Waals surface area contributed by atoms with E-state index in [9.17, 15) is 22.8 Å². The van der Waals surface area contributed by atoms with Crippen molar-refractivity contribution in [2.45, 2.75) is 38.8 Å². The Morgan fingerprint density at radius 3 is 2.53 bits per heavy atom. The predicted molar refractivity (Wildman–Crippen MR) is 135 cm³/mol. The average Bonchev–Trinajstić information content (AvgIpc) is 3.03. The Bertz CT molecular complexity index is 1120. The van der Waals surface area contributed by atoms with Crippen LogP contribution in [-0.2, 0) is 15.8 Å². The minimum atomic E-state index is -4.60. The number of carbonyl (C=O) groups excluding carboxylic acids is 2. The third kappa shape index (κ3) is 7.07. The van der Waals surface area contributed by atoms with Crippen LogP contribution in [-0.4, -0.2) is 27.6 Å². The van der Waals surface area contributed by atoms with Crippen molar-refractivity contribution in [2.75, 3.05) is 11.9 Å². The molecule has 1 aliphatic heterocycles. The van der Waals surface area contributed by atoms with Crippen molar-refractivity contribution in [1.82, 2.24) is 4.90 Å². The van der Waals surface area contributed by atoms with Gasteiger partial charge in [0.1, 0.15) is 4.32 Å². The van der Waals surface area contributed by atoms with Crippen LogP contribution in [0.25, 0.3) is 6.08 Å². The van der Waals surface area contributed by atoms with Crippen LogP contribution in [0.1, 0.15) is 42.4 Å². The van der Waals surface area contributed by atoms with Gasteiger partial charge in [0.05, 0.1) is 15.5 Å². The summed E-state index contributed by atoms with van der Waals surface area (Å²) in [6.07, 6.45) is -0.787. The van der Waals surface area contributed by atoms with Gasteiger partial charge in [0.2, 0.25) is 5.91 Å². The van der Waals surface area contributed by atoms with Crippen LogP contribution in [0, 0.1) is 6.92 Å². The number of hydrogen-bond acceptors (Lipinski definition) is 4. The summed E-state index contributed by atoms with van der Waals surface area (Å²) in [5.41, 5.74) is 1.12. The number of thiocarbonyl (C=S) groups is 1. The van der Waals surface area contributed by atoms with Gasteiger partial charge in [0.15, 0.2) is 0 Å². The number of unbranched alkanes of at least 4 members (excludes halogenated alkanes) is 2. The molecule has 4 nitrogen and oxygen atoms in total. The van der Waals surface area contributed by atoms with E-state index in [0.717, 1.165) is 23.3 Å². The van der Waals surface area contributed by atoms with Crippen LogP contribution in [0.2, 0.25) is 5.02 Å². The number of alkyl halides is 3. The zero-order valence-corrected chi connectivity index (χ0v) is 20.6. The van der Waals surface area contributed by atoms with Crippen LogP contribution in [0.5, 0.6) is 0 Å². The first-order chi connectivity index (χ1) is 16.0. The highest BCUT2D eigenvalue weighted by Gasteiger charge is 2.33. The number of rotatable bonds is 8. The quantitative estimate of drug-likeness (QED) is 0.227. The van der Waals surface area contributed by atoms with Crippen molar-refractivity contribution in [2.24, 2.45) is 0 Å². The van der Waals surface area contributed by atoms with E-state index in [4.69, 9.17) is 23.8 Å². The van der Waals surface area contributed by atoms with E-state index in [0.29, 0.717) is 35.0 Å². The summed E-state index contributed by atoms with van der Waals surface area (Å²) >= 11 is 12.2. The fourth-order valence-electron chi connectivity index (χ4n) is 3.28. The number of halogens is 4. The van der Waals surface area contributed by atoms with Gasteiger partial charge in [-0.2, -0.15) is 13.2 Å². The van der Waals surface area contributed by atoms with Crippen molar-refractivity contribution in [3.05, 3.63) is 69.1 Å². The highest BCUT2D eigenvalue weighted by molar-refractivity contribution is 8.26. The van der Waals surface area contributed by atoms with Gasteiger partial charge in [-0.15, -0.1) is 0 Å². The molecule has 0 atom stereocenters. The van der Waals surface area contributed by atoms with Crippen LogP contribution in [0.15, 0.2) is 47.4 Å². The molecule has 0 aliphatic carbocycles. The molecule has 34 heavy (non-hydrogen) atoms. The fraction of sp³-hybridized carbons (Fsp3) is 0.292. The molecule has 10 heteroatoms. The molecule has 1 fully saturated rings. The number of carbonyl (C=O) groups is 2. The number of aryl methyl sites for hydroxylation is 1. The molecule has 1 saturated heterocycles. The molecule has 180 valence electrons. The fourth-order valence-corrected chi connectivity index (χ4v) is 4.82. The van der Waals surface area contributed by atoms with Crippen molar-refractivity contribution in [3.8, 4) is 0 Å². The van der Waals surface area contributed by atoms with Gasteiger partial charge in [-0.3, -0.25) is 14.5 Å². The largest absolute Gasteiger partial charge is 0.417 e. The molecular weight excluding hydrogens is 505 g/mol. The average molecular weight is 527 g/mol. The number of hydrogen-bond donors (Lipinski definition) is 1. The Kier molecular flexibility index (Phi) is 8.78. The molecular formula is C24H22ClF3N2O2S2. The summed E-state index contributed by atoms with van der Waals surface area (Å²) in [6, 6.07) is 11.1. The molecule has 0 aromatic heterocycles. The van der Waals surface area contributed by atoms with Gasteiger partial charge in [-0.1, -0.05) is 71.8 Å². The Morgan fingerprint density at radius 1 is 1.15 bits per heavy atom. The van der Waals surface area contributed by atoms with E-state index >= 15 is 0 Å². The first kappa shape index (κ1) is 26.2. The van der Waals surface area contributed by atoms with E-state index < -0.39 is 16.8 Å². The summed E-state index contributed by atoms with van der Waals surface area (Å²) in [5, 5.41) is 2.05. The number of amides is 2. The monoisotopic (exact) mass is 526 g/mol. The third-order valence-electron chi connectivity index (χ3n) is 5.09. The molecule has 2 aromatic rings. The normalized spacial score (nSPS) is 15.3. The van der Waals surface area contributed by atoms with Gasteiger partial charge in [0.25, 0.3) is 5.91 Å². The minimum absolute atomic E-state index is 0.0413. The maximum atomic E-state index is 12.9. The number of benzene rings is 2. The second kappa shape index (κ2) is 11.4. The SMILES string of the molecule is Cc1ccc(/C=C2\SC(=S)N(CCCCCC(=O)Nc3ccc(Cl)c(C(F)(F)F)c3)C2=O)cc1. The van der Waals surface area contributed by atoms with Crippen molar-refractivity contribution < 1.29 is 22.8 Å². The molecule has 0 unspecified atom stereocenters. The first-order valence-corrected chi connectivity index (χ1v) is 12.1. The lowest BCUT2D eigenvalue weighted by Gasteiger charge is -2.14. The summed E-state index contributed by atoms with van der Waals surface area (Å²) in [5.74, 6) is -0.515. The van der Waals surface area contributed by atoms with Crippen LogP contribution in [0.3, 0.4) is 0 Å². The Balaban J connectivity index is 1.43. The predicted octanol–water partition coefficient (Wildman–Crippen LogP) is 7.07. The zero-order valence-electron chi connectivity index (χ0n) is 18.2. The molecule has 0 radical (unpaired) electrons. The standard InChI is InChI=1S/C24H22ClF3N2O2S2/c1-15-6-8-16(9-7-15)13-20-22(32)30(23(33)34-20)12-4-2-3-5-21(31)29-17-10-11-19(25)18(14-17)24(26,27)28/h6-11,13-14H,2-5,12H2,1H3,(H,29,31)/b20-13-. The Labute approximate surface area is 210 Å². The van der Waals surface area contributed by atoms with Gasteiger partial charge >= 0.3 is 6.18 Å². The van der Waals surface area contributed by atoms with Gasteiger partial charge in [-0.25, -0.2) is 0 Å². The molecule has 3 rings (SSSR count). The molecule has 1 N–H and O–H groups in total. The number of thioether (sulfide) groups is 1. The summed E-state index contributed by atoms with van der Waals surface area (Å²) in [7, 11) is 0. The Morgan fingerprint density at radius 2 is 1.85 bits per heavy atom. The van der Waals surface area contributed by atoms with Crippen molar-refractivity contribution >= 4 is 63.5 Å². The highest BCUT2D eigenvalue weighted by Crippen LogP contribution is 2.36. The van der Waals surface area contributed by atoms with Crippen LogP contribution in [0.4, 0.5) is 18.9 Å². The summed E-state index contributed by atoms with van der Waals surface area (Å²) < 4.78 is 39.3. The topological polar surface area (TPSA) is 49.4 Å². The van der Waals surface area contributed by atoms with Crippen molar-refractivity contribution in [3.63, 3.8) is 0 Å². The minimum Gasteiger partial charge on any atom is -0.326 e. The molecule has 0 saturated carbocycles. The molecule has 2 aromatic carbocycles. The molecule has 0 bridgehead atoms. The molecule has 1 heterocycles. The third-order valence-corrected chi connectivity index (χ3v) is 6.80. The number of nitrogens with zero attached hydrogens (tertiary/aromatic N) is 1. The maximum absolute atomic E-state index is 12.9. The van der Waals surface area contributed by atoms with E-state index in [1.807, 2.05) is 37.3 Å². The molecule has 0 spiro atoms. The van der Waals surface area contributed by atoms with Crippen LogP contribution < -0.4 is 5.32 Å².